The predicted molar refractivity (Wildman–Crippen MR) is 118 cm³/mol. The topological polar surface area (TPSA) is 32.6 Å². The van der Waals surface area contributed by atoms with E-state index in [2.05, 4.69) is 42.5 Å². The number of para-hydroxylation sites is 1. The van der Waals surface area contributed by atoms with Gasteiger partial charge in [0.05, 0.1) is 11.4 Å². The molecule has 4 aromatic carbocycles. The van der Waals surface area contributed by atoms with Crippen LogP contribution in [0.25, 0.3) is 10.8 Å². The monoisotopic (exact) mass is 381 g/mol. The average molecular weight is 382 g/mol. The van der Waals surface area contributed by atoms with Gasteiger partial charge in [0.1, 0.15) is 5.75 Å². The van der Waals surface area contributed by atoms with Crippen LogP contribution in [0.2, 0.25) is 0 Å². The van der Waals surface area contributed by atoms with Crippen LogP contribution >= 0.6 is 11.8 Å². The molecule has 1 atom stereocenters. The summed E-state index contributed by atoms with van der Waals surface area (Å²) in [7, 11) is 0. The summed E-state index contributed by atoms with van der Waals surface area (Å²) in [6, 6.07) is 30.8. The summed E-state index contributed by atoms with van der Waals surface area (Å²) in [5.41, 5.74) is 3.98. The Morgan fingerprint density at radius 2 is 1.54 bits per heavy atom. The number of rotatable bonds is 2. The molecule has 1 unspecified atom stereocenters. The number of aromatic hydroxyl groups is 1. The first-order chi connectivity index (χ1) is 13.8. The standard InChI is InChI=1S/C25H19NOS/c27-25-19-11-5-4-8-17(19)14-15-20(25)22-16-24(18-9-2-1-3-10-18)28-23-13-7-6-12-21(23)26-22/h1-15,24,27H,16H2. The summed E-state index contributed by atoms with van der Waals surface area (Å²) in [5, 5.41) is 13.2. The maximum Gasteiger partial charge on any atom is 0.132 e. The molecule has 4 aromatic rings. The van der Waals surface area contributed by atoms with Crippen molar-refractivity contribution in [1.82, 2.24) is 0 Å². The van der Waals surface area contributed by atoms with E-state index in [-0.39, 0.29) is 5.25 Å². The minimum atomic E-state index is 0.245. The van der Waals surface area contributed by atoms with Crippen LogP contribution in [0.15, 0.2) is 101 Å². The smallest absolute Gasteiger partial charge is 0.132 e. The number of fused-ring (bicyclic) bond motifs is 2. The van der Waals surface area contributed by atoms with E-state index >= 15 is 0 Å². The van der Waals surface area contributed by atoms with Gasteiger partial charge in [0.15, 0.2) is 0 Å². The van der Waals surface area contributed by atoms with E-state index in [4.69, 9.17) is 4.99 Å². The molecule has 136 valence electrons. The fourth-order valence-corrected chi connectivity index (χ4v) is 4.96. The summed E-state index contributed by atoms with van der Waals surface area (Å²) in [4.78, 5) is 6.16. The van der Waals surface area contributed by atoms with Crippen molar-refractivity contribution < 1.29 is 5.11 Å². The number of hydrogen-bond donors (Lipinski definition) is 1. The van der Waals surface area contributed by atoms with Crippen molar-refractivity contribution in [2.24, 2.45) is 4.99 Å². The van der Waals surface area contributed by atoms with E-state index in [0.717, 1.165) is 34.2 Å². The van der Waals surface area contributed by atoms with Crippen LogP contribution in [-0.4, -0.2) is 10.8 Å². The summed E-state index contributed by atoms with van der Waals surface area (Å²) in [6.07, 6.45) is 0.759. The number of phenols is 1. The molecule has 0 saturated heterocycles. The fraction of sp³-hybridized carbons (Fsp3) is 0.0800. The molecule has 0 aromatic heterocycles. The third-order valence-corrected chi connectivity index (χ3v) is 6.47. The van der Waals surface area contributed by atoms with Crippen molar-refractivity contribution in [3.05, 3.63) is 102 Å². The molecule has 3 heteroatoms. The van der Waals surface area contributed by atoms with Gasteiger partial charge in [0, 0.05) is 27.5 Å². The Hall–Kier alpha value is -3.04. The molecule has 0 fully saturated rings. The lowest BCUT2D eigenvalue weighted by Gasteiger charge is -2.17. The highest BCUT2D eigenvalue weighted by Gasteiger charge is 2.24. The van der Waals surface area contributed by atoms with E-state index in [1.54, 1.807) is 0 Å². The van der Waals surface area contributed by atoms with Gasteiger partial charge in [-0.05, 0) is 29.1 Å². The molecule has 1 aliphatic heterocycles. The maximum absolute atomic E-state index is 11.0. The Labute approximate surface area is 168 Å². The second-order valence-electron chi connectivity index (χ2n) is 6.93. The molecule has 1 heterocycles. The Kier molecular flexibility index (Phi) is 4.38. The van der Waals surface area contributed by atoms with Crippen LogP contribution in [0, 0.1) is 0 Å². The molecule has 2 nitrogen and oxygen atoms in total. The number of hydrogen-bond acceptors (Lipinski definition) is 3. The molecule has 0 aliphatic carbocycles. The third-order valence-electron chi connectivity index (χ3n) is 5.15. The number of phenolic OH excluding ortho intramolecular Hbond substituents is 1. The molecule has 0 saturated carbocycles. The van der Waals surface area contributed by atoms with Gasteiger partial charge in [-0.1, -0.05) is 72.8 Å². The molecule has 0 radical (unpaired) electrons. The van der Waals surface area contributed by atoms with Gasteiger partial charge in [-0.2, -0.15) is 0 Å². The zero-order valence-electron chi connectivity index (χ0n) is 15.2. The molecule has 0 amide bonds. The predicted octanol–water partition coefficient (Wildman–Crippen LogP) is 6.90. The van der Waals surface area contributed by atoms with Crippen molar-refractivity contribution in [1.29, 1.82) is 0 Å². The molecule has 5 rings (SSSR count). The molecule has 28 heavy (non-hydrogen) atoms. The van der Waals surface area contributed by atoms with E-state index < -0.39 is 0 Å². The highest BCUT2D eigenvalue weighted by atomic mass is 32.2. The van der Waals surface area contributed by atoms with Crippen LogP contribution in [0.4, 0.5) is 5.69 Å². The first-order valence-corrected chi connectivity index (χ1v) is 10.3. The number of benzene rings is 4. The largest absolute Gasteiger partial charge is 0.507 e. The van der Waals surface area contributed by atoms with Crippen LogP contribution in [0.5, 0.6) is 5.75 Å². The van der Waals surface area contributed by atoms with Crippen molar-refractivity contribution in [2.75, 3.05) is 0 Å². The van der Waals surface area contributed by atoms with Crippen LogP contribution in [0.1, 0.15) is 22.8 Å². The van der Waals surface area contributed by atoms with E-state index in [1.165, 1.54) is 10.5 Å². The molecule has 1 N–H and O–H groups in total. The highest BCUT2D eigenvalue weighted by Crippen LogP contribution is 2.46. The zero-order valence-corrected chi connectivity index (χ0v) is 16.1. The van der Waals surface area contributed by atoms with Crippen LogP contribution in [0.3, 0.4) is 0 Å². The number of nitrogens with zero attached hydrogens (tertiary/aromatic N) is 1. The van der Waals surface area contributed by atoms with Gasteiger partial charge in [0.2, 0.25) is 0 Å². The van der Waals surface area contributed by atoms with Crippen molar-refractivity contribution in [2.45, 2.75) is 16.6 Å². The number of thioether (sulfide) groups is 1. The SMILES string of the molecule is Oc1c(C2=Nc3ccccc3SC(c3ccccc3)C2)ccc2ccccc12. The lowest BCUT2D eigenvalue weighted by molar-refractivity contribution is 0.480. The summed E-state index contributed by atoms with van der Waals surface area (Å²) in [6.45, 7) is 0. The minimum Gasteiger partial charge on any atom is -0.507 e. The molecular weight excluding hydrogens is 362 g/mol. The van der Waals surface area contributed by atoms with Crippen molar-refractivity contribution in [3.63, 3.8) is 0 Å². The summed E-state index contributed by atoms with van der Waals surface area (Å²) < 4.78 is 0. The van der Waals surface area contributed by atoms with Crippen molar-refractivity contribution in [3.8, 4) is 5.75 Å². The van der Waals surface area contributed by atoms with Gasteiger partial charge in [0.25, 0.3) is 0 Å². The first-order valence-electron chi connectivity index (χ1n) is 9.39. The normalized spacial score (nSPS) is 16.3. The Bertz CT molecular complexity index is 1180. The first kappa shape index (κ1) is 17.1. The van der Waals surface area contributed by atoms with Gasteiger partial charge in [-0.3, -0.25) is 4.99 Å². The second-order valence-corrected chi connectivity index (χ2v) is 8.17. The van der Waals surface area contributed by atoms with Gasteiger partial charge in [-0.15, -0.1) is 11.8 Å². The molecule has 0 bridgehead atoms. The summed E-state index contributed by atoms with van der Waals surface area (Å²) in [5.74, 6) is 0.313. The Balaban J connectivity index is 1.67. The molecule has 0 spiro atoms. The molecule has 1 aliphatic rings. The average Bonchev–Trinajstić information content (AvgIpc) is 2.94. The van der Waals surface area contributed by atoms with E-state index in [1.807, 2.05) is 60.3 Å². The zero-order chi connectivity index (χ0) is 18.9. The van der Waals surface area contributed by atoms with Gasteiger partial charge >= 0.3 is 0 Å². The van der Waals surface area contributed by atoms with Gasteiger partial charge in [-0.25, -0.2) is 0 Å². The minimum absolute atomic E-state index is 0.245. The lowest BCUT2D eigenvalue weighted by atomic mass is 9.97. The maximum atomic E-state index is 11.0. The number of aliphatic imine (C=N–C) groups is 1. The third kappa shape index (κ3) is 3.08. The summed E-state index contributed by atoms with van der Waals surface area (Å²) >= 11 is 1.84. The van der Waals surface area contributed by atoms with E-state index in [0.29, 0.717) is 5.75 Å². The quantitative estimate of drug-likeness (QED) is 0.409. The highest BCUT2D eigenvalue weighted by molar-refractivity contribution is 7.99. The Morgan fingerprint density at radius 1 is 0.786 bits per heavy atom. The fourth-order valence-electron chi connectivity index (χ4n) is 3.72. The van der Waals surface area contributed by atoms with Crippen molar-refractivity contribution >= 4 is 33.9 Å². The van der Waals surface area contributed by atoms with Gasteiger partial charge < -0.3 is 5.11 Å². The van der Waals surface area contributed by atoms with E-state index in [9.17, 15) is 5.11 Å². The molecular formula is C25H19NOS. The second kappa shape index (κ2) is 7.17. The van der Waals surface area contributed by atoms with Crippen LogP contribution in [-0.2, 0) is 0 Å². The van der Waals surface area contributed by atoms with Crippen LogP contribution < -0.4 is 0 Å². The lowest BCUT2D eigenvalue weighted by Crippen LogP contribution is -2.06. The Morgan fingerprint density at radius 3 is 2.43 bits per heavy atom.